The van der Waals surface area contributed by atoms with Crippen LogP contribution in [0.15, 0.2) is 158 Å². The van der Waals surface area contributed by atoms with Crippen molar-refractivity contribution in [2.75, 3.05) is 0 Å². The second kappa shape index (κ2) is 9.50. The Morgan fingerprint density at radius 1 is 0.275 bits per heavy atom. The van der Waals surface area contributed by atoms with Gasteiger partial charge in [-0.1, -0.05) is 147 Å². The first kappa shape index (κ1) is 27.6. The minimum absolute atomic E-state index is 0.0592. The molecule has 13 rings (SSSR count). The van der Waals surface area contributed by atoms with E-state index in [9.17, 15) is 0 Å². The second-order valence-electron chi connectivity index (χ2n) is 15.2. The maximum Gasteiger partial charge on any atom is 0.0159 e. The molecule has 236 valence electrons. The zero-order valence-corrected chi connectivity index (χ0v) is 28.5. The van der Waals surface area contributed by atoms with Crippen LogP contribution in [-0.4, -0.2) is 0 Å². The molecule has 0 atom stereocenters. The highest BCUT2D eigenvalue weighted by Gasteiger charge is 2.37. The summed E-state index contributed by atoms with van der Waals surface area (Å²) in [5.41, 5.74) is 11.3. The summed E-state index contributed by atoms with van der Waals surface area (Å²) in [5, 5.41) is 19.2. The lowest BCUT2D eigenvalue weighted by Gasteiger charge is -2.22. The predicted molar refractivity (Wildman–Crippen MR) is 220 cm³/mol. The van der Waals surface area contributed by atoms with Gasteiger partial charge in [-0.25, -0.2) is 0 Å². The summed E-state index contributed by atoms with van der Waals surface area (Å²) in [7, 11) is 0. The van der Waals surface area contributed by atoms with Gasteiger partial charge < -0.3 is 0 Å². The standard InChI is InChI=1S/C26H14.C25H18/c1-5-15-6-2-10-18-22-14-24-20-12-4-8-16-7-3-11-19(26(16)20)23(24)13-21(22)17(9-1)25(15)18;1-25(2)22-12-4-3-9-16(22)21-13-19-17-10-5-7-15-8-6-11-18(24(15)17)20(19)14-23(21)25/h1-14H;3-14H,1-2H3. The highest BCUT2D eigenvalue weighted by molar-refractivity contribution is 6.37. The van der Waals surface area contributed by atoms with Crippen LogP contribution in [0.4, 0.5) is 0 Å². The zero-order chi connectivity index (χ0) is 33.6. The number of rotatable bonds is 0. The van der Waals surface area contributed by atoms with Crippen molar-refractivity contribution in [2.45, 2.75) is 19.3 Å². The van der Waals surface area contributed by atoms with E-state index in [1.807, 2.05) is 0 Å². The van der Waals surface area contributed by atoms with Gasteiger partial charge in [-0.05, 0) is 144 Å². The van der Waals surface area contributed by atoms with Gasteiger partial charge in [-0.2, -0.15) is 0 Å². The topological polar surface area (TPSA) is 0 Å². The molecule has 2 aliphatic rings. The molecule has 0 N–H and O–H groups in total. The van der Waals surface area contributed by atoms with Crippen molar-refractivity contribution in [3.05, 3.63) is 169 Å². The van der Waals surface area contributed by atoms with Crippen LogP contribution in [0, 0.1) is 0 Å². The zero-order valence-electron chi connectivity index (χ0n) is 28.5. The van der Waals surface area contributed by atoms with Gasteiger partial charge in [0, 0.05) is 5.41 Å². The number of fused-ring (bicyclic) bond motifs is 12. The van der Waals surface area contributed by atoms with E-state index in [1.54, 1.807) is 0 Å². The van der Waals surface area contributed by atoms with Gasteiger partial charge in [-0.3, -0.25) is 0 Å². The lowest BCUT2D eigenvalue weighted by Crippen LogP contribution is -2.14. The number of benzene rings is 9. The van der Waals surface area contributed by atoms with Crippen molar-refractivity contribution in [1.29, 1.82) is 0 Å². The quantitative estimate of drug-likeness (QED) is 0.154. The van der Waals surface area contributed by atoms with Crippen molar-refractivity contribution in [3.63, 3.8) is 0 Å². The van der Waals surface area contributed by atoms with Crippen LogP contribution < -0.4 is 0 Å². The molecule has 0 saturated carbocycles. The lowest BCUT2D eigenvalue weighted by molar-refractivity contribution is 0.660. The van der Waals surface area contributed by atoms with Gasteiger partial charge in [0.05, 0.1) is 0 Å². The highest BCUT2D eigenvalue weighted by atomic mass is 14.4. The smallest absolute Gasteiger partial charge is 0.0159 e. The van der Waals surface area contributed by atoms with Crippen LogP contribution in [-0.2, 0) is 5.41 Å². The Morgan fingerprint density at radius 3 is 1.20 bits per heavy atom. The summed E-state index contributed by atoms with van der Waals surface area (Å²) < 4.78 is 0. The molecule has 0 fully saturated rings. The average molecular weight is 645 g/mol. The Bertz CT molecular complexity index is 3030. The molecule has 0 radical (unpaired) electrons. The molecule has 11 aromatic rings. The van der Waals surface area contributed by atoms with Crippen LogP contribution >= 0.6 is 0 Å². The lowest BCUT2D eigenvalue weighted by atomic mass is 9.81. The molecule has 0 saturated heterocycles. The Kier molecular flexibility index (Phi) is 5.14. The summed E-state index contributed by atoms with van der Waals surface area (Å²) in [6, 6.07) is 58.7. The molecule has 0 bridgehead atoms. The normalized spacial score (nSPS) is 13.8. The molecule has 0 unspecified atom stereocenters. The summed E-state index contributed by atoms with van der Waals surface area (Å²) in [5.74, 6) is 0. The molecule has 0 heterocycles. The Labute approximate surface area is 295 Å². The van der Waals surface area contributed by atoms with Gasteiger partial charge >= 0.3 is 0 Å². The van der Waals surface area contributed by atoms with Crippen LogP contribution in [0.1, 0.15) is 25.0 Å². The van der Waals surface area contributed by atoms with E-state index in [1.165, 1.54) is 120 Å². The minimum atomic E-state index is 0.0592. The van der Waals surface area contributed by atoms with E-state index in [2.05, 4.69) is 172 Å². The third-order valence-electron chi connectivity index (χ3n) is 12.3. The molecule has 0 nitrogen and oxygen atoms in total. The van der Waals surface area contributed by atoms with Gasteiger partial charge in [0.15, 0.2) is 0 Å². The maximum absolute atomic E-state index is 2.46. The average Bonchev–Trinajstić information content (AvgIpc) is 3.85. The molecule has 0 aliphatic heterocycles. The Balaban J connectivity index is 0.000000116. The molecular weight excluding hydrogens is 613 g/mol. The first-order chi connectivity index (χ1) is 25.1. The molecule has 0 aromatic heterocycles. The Hall–Kier alpha value is -6.24. The van der Waals surface area contributed by atoms with E-state index >= 15 is 0 Å². The van der Waals surface area contributed by atoms with E-state index in [4.69, 9.17) is 0 Å². The molecule has 51 heavy (non-hydrogen) atoms. The fraction of sp³-hybridized carbons (Fsp3) is 0.0588. The monoisotopic (exact) mass is 644 g/mol. The van der Waals surface area contributed by atoms with Crippen molar-refractivity contribution >= 4 is 75.4 Å². The number of hydrogen-bond donors (Lipinski definition) is 0. The predicted octanol–water partition coefficient (Wildman–Crippen LogP) is 14.3. The fourth-order valence-corrected chi connectivity index (χ4v) is 10.1. The van der Waals surface area contributed by atoms with Gasteiger partial charge in [-0.15, -0.1) is 0 Å². The summed E-state index contributed by atoms with van der Waals surface area (Å²) in [6.07, 6.45) is 0. The van der Waals surface area contributed by atoms with E-state index in [-0.39, 0.29) is 5.41 Å². The summed E-state index contributed by atoms with van der Waals surface area (Å²) in [4.78, 5) is 0. The number of hydrogen-bond acceptors (Lipinski definition) is 0. The van der Waals surface area contributed by atoms with Gasteiger partial charge in [0.25, 0.3) is 0 Å². The molecule has 11 aromatic carbocycles. The molecule has 0 amide bonds. The van der Waals surface area contributed by atoms with Gasteiger partial charge in [0.1, 0.15) is 0 Å². The van der Waals surface area contributed by atoms with Gasteiger partial charge in [0.2, 0.25) is 0 Å². The van der Waals surface area contributed by atoms with Crippen LogP contribution in [0.3, 0.4) is 0 Å². The highest BCUT2D eigenvalue weighted by Crippen LogP contribution is 2.55. The van der Waals surface area contributed by atoms with Crippen molar-refractivity contribution in [3.8, 4) is 33.4 Å². The van der Waals surface area contributed by atoms with Crippen molar-refractivity contribution < 1.29 is 0 Å². The van der Waals surface area contributed by atoms with E-state index < -0.39 is 0 Å². The first-order valence-electron chi connectivity index (χ1n) is 18.1. The third-order valence-corrected chi connectivity index (χ3v) is 12.3. The molecule has 0 heteroatoms. The van der Waals surface area contributed by atoms with Crippen molar-refractivity contribution in [1.82, 2.24) is 0 Å². The van der Waals surface area contributed by atoms with Crippen molar-refractivity contribution in [2.24, 2.45) is 0 Å². The second-order valence-corrected chi connectivity index (χ2v) is 15.2. The first-order valence-corrected chi connectivity index (χ1v) is 18.1. The molecular formula is C51H32. The molecule has 2 aliphatic carbocycles. The fourth-order valence-electron chi connectivity index (χ4n) is 10.1. The van der Waals surface area contributed by atoms with Crippen LogP contribution in [0.2, 0.25) is 0 Å². The molecule has 0 spiro atoms. The van der Waals surface area contributed by atoms with Crippen LogP contribution in [0.25, 0.3) is 109 Å². The van der Waals surface area contributed by atoms with E-state index in [0.29, 0.717) is 0 Å². The maximum atomic E-state index is 2.46. The van der Waals surface area contributed by atoms with E-state index in [0.717, 1.165) is 0 Å². The SMILES string of the molecule is CC1(C)c2ccccc2-c2cc3c(cc21)-c1cccc2cccc-3c12.c1cc2cccc3c4cc5c(cc4c(c1)c23)c1cccc2cccc5c21. The largest absolute Gasteiger partial charge is 0.0619 e. The summed E-state index contributed by atoms with van der Waals surface area (Å²) >= 11 is 0. The minimum Gasteiger partial charge on any atom is -0.0619 e. The third kappa shape index (κ3) is 3.45. The van der Waals surface area contributed by atoms with Crippen LogP contribution in [0.5, 0.6) is 0 Å². The Morgan fingerprint density at radius 2 is 0.686 bits per heavy atom. The summed E-state index contributed by atoms with van der Waals surface area (Å²) in [6.45, 7) is 4.71.